The van der Waals surface area contributed by atoms with Gasteiger partial charge in [0.25, 0.3) is 0 Å². The van der Waals surface area contributed by atoms with Crippen LogP contribution < -0.4 is 11.1 Å². The second-order valence-electron chi connectivity index (χ2n) is 7.30. The van der Waals surface area contributed by atoms with Gasteiger partial charge in [-0.2, -0.15) is 4.98 Å². The van der Waals surface area contributed by atoms with Crippen molar-refractivity contribution in [2.24, 2.45) is 17.6 Å². The monoisotopic (exact) mass is 344 g/mol. The van der Waals surface area contributed by atoms with Crippen LogP contribution in [0.1, 0.15) is 44.4 Å². The van der Waals surface area contributed by atoms with E-state index in [9.17, 15) is 4.79 Å². The molecule has 2 unspecified atom stereocenters. The first kappa shape index (κ1) is 16.3. The van der Waals surface area contributed by atoms with Crippen molar-refractivity contribution in [1.82, 2.24) is 15.5 Å². The highest BCUT2D eigenvalue weighted by atomic mass is 16.5. The molecule has 0 spiro atoms. The molecule has 2 aromatic heterocycles. The lowest BCUT2D eigenvalue weighted by Gasteiger charge is -2.45. The molecule has 0 radical (unpaired) electrons. The summed E-state index contributed by atoms with van der Waals surface area (Å²) in [4.78, 5) is 16.7. The zero-order valence-electron chi connectivity index (χ0n) is 14.2. The van der Waals surface area contributed by atoms with E-state index in [0.29, 0.717) is 42.4 Å². The number of hydrogen-bond donors (Lipinski definition) is 2. The predicted octanol–water partition coefficient (Wildman–Crippen LogP) is 2.28. The molecule has 2 aromatic rings. The molecule has 2 atom stereocenters. The summed E-state index contributed by atoms with van der Waals surface area (Å²) in [5.74, 6) is 2.07. The molecule has 2 aliphatic rings. The highest BCUT2D eigenvalue weighted by Crippen LogP contribution is 2.39. The van der Waals surface area contributed by atoms with Gasteiger partial charge in [0.15, 0.2) is 0 Å². The van der Waals surface area contributed by atoms with Gasteiger partial charge in [-0.3, -0.25) is 4.79 Å². The average Bonchev–Trinajstić information content (AvgIpc) is 3.25. The van der Waals surface area contributed by atoms with Crippen molar-refractivity contribution in [3.63, 3.8) is 0 Å². The van der Waals surface area contributed by atoms with Crippen molar-refractivity contribution in [2.75, 3.05) is 0 Å². The number of fused-ring (bicyclic) bond motifs is 2. The Hall–Kier alpha value is -2.15. The number of hydrogen-bond acceptors (Lipinski definition) is 6. The SMILES string of the molecule is NC1CC2CCCC(C1)C2NC(=O)CCc1nc(-c2ccoc2)no1. The summed E-state index contributed by atoms with van der Waals surface area (Å²) in [7, 11) is 0. The Morgan fingerprint density at radius 1 is 1.32 bits per heavy atom. The van der Waals surface area contributed by atoms with Gasteiger partial charge < -0.3 is 20.0 Å². The first-order valence-corrected chi connectivity index (χ1v) is 9.09. The van der Waals surface area contributed by atoms with Crippen LogP contribution in [-0.4, -0.2) is 28.1 Å². The molecule has 4 rings (SSSR count). The molecule has 3 N–H and O–H groups in total. The van der Waals surface area contributed by atoms with Gasteiger partial charge in [-0.25, -0.2) is 0 Å². The third-order valence-corrected chi connectivity index (χ3v) is 5.52. The van der Waals surface area contributed by atoms with E-state index in [1.54, 1.807) is 18.6 Å². The molecular weight excluding hydrogens is 320 g/mol. The maximum atomic E-state index is 12.4. The summed E-state index contributed by atoms with van der Waals surface area (Å²) in [5, 5.41) is 7.16. The van der Waals surface area contributed by atoms with Crippen molar-refractivity contribution in [3.05, 3.63) is 24.5 Å². The zero-order valence-corrected chi connectivity index (χ0v) is 14.2. The van der Waals surface area contributed by atoms with Gasteiger partial charge >= 0.3 is 0 Å². The number of nitrogens with zero attached hydrogens (tertiary/aromatic N) is 2. The fraction of sp³-hybridized carbons (Fsp3) is 0.611. The number of rotatable bonds is 5. The molecule has 2 aliphatic carbocycles. The number of furan rings is 1. The highest BCUT2D eigenvalue weighted by Gasteiger charge is 2.39. The third-order valence-electron chi connectivity index (χ3n) is 5.52. The summed E-state index contributed by atoms with van der Waals surface area (Å²) in [5.41, 5.74) is 6.92. The van der Waals surface area contributed by atoms with Crippen molar-refractivity contribution >= 4 is 5.91 Å². The van der Waals surface area contributed by atoms with Gasteiger partial charge in [-0.1, -0.05) is 11.6 Å². The number of aromatic nitrogens is 2. The Morgan fingerprint density at radius 2 is 2.12 bits per heavy atom. The maximum absolute atomic E-state index is 12.4. The van der Waals surface area contributed by atoms with E-state index >= 15 is 0 Å². The predicted molar refractivity (Wildman–Crippen MR) is 90.3 cm³/mol. The number of carbonyl (C=O) groups excluding carboxylic acids is 1. The smallest absolute Gasteiger partial charge is 0.227 e. The molecule has 7 nitrogen and oxygen atoms in total. The van der Waals surface area contributed by atoms with Crippen molar-refractivity contribution < 1.29 is 13.7 Å². The molecule has 0 aromatic carbocycles. The molecule has 134 valence electrons. The summed E-state index contributed by atoms with van der Waals surface area (Å²) >= 11 is 0. The summed E-state index contributed by atoms with van der Waals surface area (Å²) in [6.07, 6.45) is 9.58. The molecule has 25 heavy (non-hydrogen) atoms. The minimum absolute atomic E-state index is 0.0560. The highest BCUT2D eigenvalue weighted by molar-refractivity contribution is 5.76. The second-order valence-corrected chi connectivity index (χ2v) is 7.30. The number of carbonyl (C=O) groups is 1. The fourth-order valence-corrected chi connectivity index (χ4v) is 4.37. The summed E-state index contributed by atoms with van der Waals surface area (Å²) in [6, 6.07) is 2.35. The van der Waals surface area contributed by atoms with E-state index in [-0.39, 0.29) is 11.9 Å². The summed E-state index contributed by atoms with van der Waals surface area (Å²) < 4.78 is 10.2. The number of nitrogens with two attached hydrogens (primary N) is 1. The van der Waals surface area contributed by atoms with Crippen LogP contribution in [0.2, 0.25) is 0 Å². The lowest BCUT2D eigenvalue weighted by atomic mass is 9.67. The Balaban J connectivity index is 1.31. The van der Waals surface area contributed by atoms with Crippen LogP contribution in [0.5, 0.6) is 0 Å². The van der Waals surface area contributed by atoms with Gasteiger partial charge in [-0.15, -0.1) is 0 Å². The zero-order chi connectivity index (χ0) is 17.2. The molecule has 2 saturated carbocycles. The van der Waals surface area contributed by atoms with E-state index in [2.05, 4.69) is 15.5 Å². The number of nitrogens with one attached hydrogen (secondary N) is 1. The van der Waals surface area contributed by atoms with E-state index in [1.807, 2.05) is 0 Å². The van der Waals surface area contributed by atoms with Crippen LogP contribution in [0, 0.1) is 11.8 Å². The number of amides is 1. The lowest BCUT2D eigenvalue weighted by molar-refractivity contribution is -0.123. The van der Waals surface area contributed by atoms with E-state index in [4.69, 9.17) is 14.7 Å². The number of aryl methyl sites for hydroxylation is 1. The van der Waals surface area contributed by atoms with E-state index in [1.165, 1.54) is 19.3 Å². The molecule has 2 heterocycles. The summed E-state index contributed by atoms with van der Waals surface area (Å²) in [6.45, 7) is 0. The van der Waals surface area contributed by atoms with E-state index in [0.717, 1.165) is 18.4 Å². The van der Waals surface area contributed by atoms with Crippen LogP contribution >= 0.6 is 0 Å². The Labute approximate surface area is 146 Å². The molecule has 0 aliphatic heterocycles. The maximum Gasteiger partial charge on any atom is 0.227 e. The molecule has 0 saturated heterocycles. The molecule has 2 bridgehead atoms. The minimum atomic E-state index is 0.0560. The molecule has 2 fully saturated rings. The van der Waals surface area contributed by atoms with Crippen molar-refractivity contribution in [3.8, 4) is 11.4 Å². The van der Waals surface area contributed by atoms with Gasteiger partial charge in [0.05, 0.1) is 11.8 Å². The standard InChI is InChI=1S/C18H24N4O3/c19-14-8-11-2-1-3-12(9-14)17(11)20-15(23)4-5-16-21-18(22-25-16)13-6-7-24-10-13/h6-7,10-12,14,17H,1-5,8-9,19H2,(H,20,23). The molecule has 1 amide bonds. The molecular formula is C18H24N4O3. The van der Waals surface area contributed by atoms with Crippen molar-refractivity contribution in [1.29, 1.82) is 0 Å². The Bertz CT molecular complexity index is 698. The normalized spacial score (nSPS) is 28.7. The Morgan fingerprint density at radius 3 is 2.84 bits per heavy atom. The van der Waals surface area contributed by atoms with Crippen LogP contribution in [0.3, 0.4) is 0 Å². The van der Waals surface area contributed by atoms with Crippen molar-refractivity contribution in [2.45, 2.75) is 57.0 Å². The lowest BCUT2D eigenvalue weighted by Crippen LogP contribution is -2.53. The largest absolute Gasteiger partial charge is 0.472 e. The van der Waals surface area contributed by atoms with Gasteiger partial charge in [0, 0.05) is 24.9 Å². The first-order chi connectivity index (χ1) is 12.2. The van der Waals surface area contributed by atoms with Crippen LogP contribution in [0.4, 0.5) is 0 Å². The average molecular weight is 344 g/mol. The van der Waals surface area contributed by atoms with E-state index < -0.39 is 0 Å². The van der Waals surface area contributed by atoms with Crippen LogP contribution in [0.15, 0.2) is 27.5 Å². The minimum Gasteiger partial charge on any atom is -0.472 e. The molecule has 7 heteroatoms. The van der Waals surface area contributed by atoms with Crippen LogP contribution in [-0.2, 0) is 11.2 Å². The fourth-order valence-electron chi connectivity index (χ4n) is 4.37. The first-order valence-electron chi connectivity index (χ1n) is 9.09. The van der Waals surface area contributed by atoms with Gasteiger partial charge in [0.1, 0.15) is 6.26 Å². The third kappa shape index (κ3) is 3.61. The topological polar surface area (TPSA) is 107 Å². The van der Waals surface area contributed by atoms with Gasteiger partial charge in [-0.05, 0) is 43.6 Å². The second kappa shape index (κ2) is 7.00. The van der Waals surface area contributed by atoms with Gasteiger partial charge in [0.2, 0.25) is 17.6 Å². The van der Waals surface area contributed by atoms with Crippen LogP contribution in [0.25, 0.3) is 11.4 Å². The Kier molecular flexibility index (Phi) is 4.57. The quantitative estimate of drug-likeness (QED) is 0.862.